The molecule has 1 atom stereocenters. The van der Waals surface area contributed by atoms with Crippen molar-refractivity contribution in [3.63, 3.8) is 0 Å². The summed E-state index contributed by atoms with van der Waals surface area (Å²) < 4.78 is 5.82. The number of furan rings is 1. The van der Waals surface area contributed by atoms with E-state index < -0.39 is 5.91 Å². The number of primary amides is 1. The van der Waals surface area contributed by atoms with Crippen LogP contribution in [0.3, 0.4) is 0 Å². The Morgan fingerprint density at radius 1 is 1.41 bits per heavy atom. The van der Waals surface area contributed by atoms with Crippen LogP contribution in [0.2, 0.25) is 0 Å². The standard InChI is InChI=1S/C16H20N4O2/c1-9-6-10-12(7-16(2,3)8-13(10)22-9)18-14-5-4-11(15(17)21)19-20-14/h4-6,12H,7-8H2,1-3H3,(H2,17,21)(H,18,20)/t12-/m1/s1. The Morgan fingerprint density at radius 3 is 2.82 bits per heavy atom. The molecule has 0 saturated carbocycles. The number of nitrogens with two attached hydrogens (primary N) is 1. The van der Waals surface area contributed by atoms with E-state index in [2.05, 4.69) is 35.4 Å². The summed E-state index contributed by atoms with van der Waals surface area (Å²) in [7, 11) is 0. The van der Waals surface area contributed by atoms with Crippen LogP contribution < -0.4 is 11.1 Å². The van der Waals surface area contributed by atoms with Gasteiger partial charge in [0.15, 0.2) is 5.69 Å². The summed E-state index contributed by atoms with van der Waals surface area (Å²) in [6.45, 7) is 6.42. The predicted octanol–water partition coefficient (Wildman–Crippen LogP) is 2.60. The van der Waals surface area contributed by atoms with Crippen LogP contribution in [0.15, 0.2) is 22.6 Å². The molecule has 6 heteroatoms. The number of nitrogens with one attached hydrogen (secondary N) is 1. The third kappa shape index (κ3) is 2.81. The first kappa shape index (κ1) is 14.6. The van der Waals surface area contributed by atoms with Crippen molar-refractivity contribution in [3.8, 4) is 0 Å². The largest absolute Gasteiger partial charge is 0.466 e. The maximum Gasteiger partial charge on any atom is 0.269 e. The van der Waals surface area contributed by atoms with E-state index in [0.717, 1.165) is 24.4 Å². The van der Waals surface area contributed by atoms with E-state index in [1.54, 1.807) is 12.1 Å². The van der Waals surface area contributed by atoms with Crippen molar-refractivity contribution in [2.24, 2.45) is 11.1 Å². The van der Waals surface area contributed by atoms with Gasteiger partial charge in [-0.3, -0.25) is 4.79 Å². The van der Waals surface area contributed by atoms with E-state index in [1.165, 1.54) is 5.56 Å². The molecule has 22 heavy (non-hydrogen) atoms. The molecule has 0 spiro atoms. The molecule has 3 N–H and O–H groups in total. The quantitative estimate of drug-likeness (QED) is 0.908. The molecule has 0 radical (unpaired) electrons. The topological polar surface area (TPSA) is 94.0 Å². The van der Waals surface area contributed by atoms with Gasteiger partial charge in [-0.15, -0.1) is 10.2 Å². The molecule has 1 amide bonds. The molecule has 6 nitrogen and oxygen atoms in total. The molecule has 0 aliphatic heterocycles. The second-order valence-corrected chi connectivity index (χ2v) is 6.65. The van der Waals surface area contributed by atoms with Gasteiger partial charge < -0.3 is 15.5 Å². The molecule has 0 unspecified atom stereocenters. The lowest BCUT2D eigenvalue weighted by Gasteiger charge is -2.34. The Balaban J connectivity index is 1.86. The zero-order valence-electron chi connectivity index (χ0n) is 13.0. The summed E-state index contributed by atoms with van der Waals surface area (Å²) in [6, 6.07) is 5.49. The van der Waals surface area contributed by atoms with Gasteiger partial charge in [0.25, 0.3) is 5.91 Å². The van der Waals surface area contributed by atoms with Crippen LogP contribution in [0.4, 0.5) is 5.82 Å². The van der Waals surface area contributed by atoms with Crippen LogP contribution in [0.25, 0.3) is 0 Å². The van der Waals surface area contributed by atoms with E-state index in [0.29, 0.717) is 5.82 Å². The highest BCUT2D eigenvalue weighted by molar-refractivity contribution is 5.90. The van der Waals surface area contributed by atoms with E-state index in [-0.39, 0.29) is 17.2 Å². The normalized spacial score (nSPS) is 19.5. The minimum absolute atomic E-state index is 0.116. The number of hydrogen-bond acceptors (Lipinski definition) is 5. The average Bonchev–Trinajstić information content (AvgIpc) is 2.78. The number of aromatic nitrogens is 2. The third-order valence-electron chi connectivity index (χ3n) is 3.98. The van der Waals surface area contributed by atoms with Gasteiger partial charge in [-0.05, 0) is 37.0 Å². The van der Waals surface area contributed by atoms with Gasteiger partial charge in [0.05, 0.1) is 6.04 Å². The number of nitrogens with zero attached hydrogens (tertiary/aromatic N) is 2. The van der Waals surface area contributed by atoms with Crippen molar-refractivity contribution in [1.82, 2.24) is 10.2 Å². The van der Waals surface area contributed by atoms with Crippen molar-refractivity contribution >= 4 is 11.7 Å². The Kier molecular flexibility index (Phi) is 3.39. The molecular formula is C16H20N4O2. The highest BCUT2D eigenvalue weighted by Gasteiger charge is 2.35. The summed E-state index contributed by atoms with van der Waals surface area (Å²) in [6.07, 6.45) is 1.90. The number of aryl methyl sites for hydroxylation is 1. The average molecular weight is 300 g/mol. The highest BCUT2D eigenvalue weighted by Crippen LogP contribution is 2.43. The van der Waals surface area contributed by atoms with Crippen molar-refractivity contribution in [2.75, 3.05) is 5.32 Å². The maximum atomic E-state index is 11.0. The summed E-state index contributed by atoms with van der Waals surface area (Å²) in [4.78, 5) is 11.0. The van der Waals surface area contributed by atoms with Gasteiger partial charge >= 0.3 is 0 Å². The predicted molar refractivity (Wildman–Crippen MR) is 82.5 cm³/mol. The van der Waals surface area contributed by atoms with Crippen molar-refractivity contribution in [2.45, 2.75) is 39.7 Å². The zero-order valence-corrected chi connectivity index (χ0v) is 13.0. The third-order valence-corrected chi connectivity index (χ3v) is 3.98. The minimum Gasteiger partial charge on any atom is -0.466 e. The van der Waals surface area contributed by atoms with Crippen molar-refractivity contribution < 1.29 is 9.21 Å². The Labute approximate surface area is 129 Å². The molecule has 116 valence electrons. The first-order chi connectivity index (χ1) is 10.3. The van der Waals surface area contributed by atoms with Crippen LogP contribution in [-0.2, 0) is 6.42 Å². The maximum absolute atomic E-state index is 11.0. The fraction of sp³-hybridized carbons (Fsp3) is 0.438. The molecule has 2 heterocycles. The van der Waals surface area contributed by atoms with E-state index in [1.807, 2.05) is 6.92 Å². The molecule has 0 bridgehead atoms. The van der Waals surface area contributed by atoms with Crippen LogP contribution in [0.1, 0.15) is 53.9 Å². The van der Waals surface area contributed by atoms with Gasteiger partial charge in [-0.1, -0.05) is 13.8 Å². The van der Waals surface area contributed by atoms with Crippen molar-refractivity contribution in [3.05, 3.63) is 41.0 Å². The summed E-state index contributed by atoms with van der Waals surface area (Å²) >= 11 is 0. The Morgan fingerprint density at radius 2 is 2.18 bits per heavy atom. The second-order valence-electron chi connectivity index (χ2n) is 6.65. The number of amides is 1. The fourth-order valence-electron chi connectivity index (χ4n) is 3.03. The SMILES string of the molecule is Cc1cc2c(o1)CC(C)(C)C[C@H]2Nc1ccc(C(N)=O)nn1. The lowest BCUT2D eigenvalue weighted by atomic mass is 9.75. The number of rotatable bonds is 3. The Hall–Kier alpha value is -2.37. The molecule has 0 fully saturated rings. The summed E-state index contributed by atoms with van der Waals surface area (Å²) in [5.74, 6) is 2.00. The molecule has 2 aromatic rings. The molecule has 3 rings (SSSR count). The number of carbonyl (C=O) groups is 1. The Bertz CT molecular complexity index is 703. The highest BCUT2D eigenvalue weighted by atomic mass is 16.3. The van der Waals surface area contributed by atoms with Crippen LogP contribution in [0.5, 0.6) is 0 Å². The lowest BCUT2D eigenvalue weighted by Crippen LogP contribution is -2.28. The van der Waals surface area contributed by atoms with Crippen molar-refractivity contribution in [1.29, 1.82) is 0 Å². The monoisotopic (exact) mass is 300 g/mol. The number of anilines is 1. The van der Waals surface area contributed by atoms with E-state index in [4.69, 9.17) is 10.2 Å². The molecule has 1 aliphatic rings. The zero-order chi connectivity index (χ0) is 15.9. The summed E-state index contributed by atoms with van der Waals surface area (Å²) in [5, 5.41) is 11.2. The van der Waals surface area contributed by atoms with Gasteiger partial charge in [-0.25, -0.2) is 0 Å². The number of fused-ring (bicyclic) bond motifs is 1. The van der Waals surface area contributed by atoms with Gasteiger partial charge in [0, 0.05) is 12.0 Å². The minimum atomic E-state index is -0.578. The molecular weight excluding hydrogens is 280 g/mol. The van der Waals surface area contributed by atoms with Crippen LogP contribution in [0, 0.1) is 12.3 Å². The first-order valence-electron chi connectivity index (χ1n) is 7.33. The number of hydrogen-bond donors (Lipinski definition) is 2. The van der Waals surface area contributed by atoms with Crippen LogP contribution >= 0.6 is 0 Å². The van der Waals surface area contributed by atoms with E-state index in [9.17, 15) is 4.79 Å². The van der Waals surface area contributed by atoms with Gasteiger partial charge in [0.2, 0.25) is 0 Å². The molecule has 2 aromatic heterocycles. The summed E-state index contributed by atoms with van der Waals surface area (Å²) in [5.41, 5.74) is 6.66. The number of carbonyl (C=O) groups excluding carboxylic acids is 1. The second kappa shape index (κ2) is 5.12. The molecule has 0 saturated heterocycles. The van der Waals surface area contributed by atoms with E-state index >= 15 is 0 Å². The van der Waals surface area contributed by atoms with Gasteiger partial charge in [0.1, 0.15) is 17.3 Å². The molecule has 0 aromatic carbocycles. The first-order valence-corrected chi connectivity index (χ1v) is 7.33. The smallest absolute Gasteiger partial charge is 0.269 e. The van der Waals surface area contributed by atoms with Crippen LogP contribution in [-0.4, -0.2) is 16.1 Å². The fourth-order valence-corrected chi connectivity index (χ4v) is 3.03. The lowest BCUT2D eigenvalue weighted by molar-refractivity contribution is 0.0994. The van der Waals surface area contributed by atoms with Gasteiger partial charge in [-0.2, -0.15) is 0 Å². The molecule has 1 aliphatic carbocycles.